The summed E-state index contributed by atoms with van der Waals surface area (Å²) in [5.41, 5.74) is 0.749. The predicted octanol–water partition coefficient (Wildman–Crippen LogP) is 3.68. The molecular formula is C12H19BrFN. The largest absolute Gasteiger partial charge is 0.310 e. The van der Waals surface area contributed by atoms with Crippen LogP contribution < -0.4 is 5.32 Å². The van der Waals surface area contributed by atoms with Gasteiger partial charge in [-0.05, 0) is 18.9 Å². The van der Waals surface area contributed by atoms with E-state index in [-0.39, 0.29) is 22.8 Å². The molecule has 0 unspecified atom stereocenters. The first-order valence-electron chi connectivity index (χ1n) is 5.24. The smallest absolute Gasteiger partial charge is 0.127 e. The number of hydrogen-bond donors (Lipinski definition) is 1. The summed E-state index contributed by atoms with van der Waals surface area (Å²) in [5, 5.41) is 3.34. The van der Waals surface area contributed by atoms with Gasteiger partial charge >= 0.3 is 0 Å². The first kappa shape index (κ1) is 14.6. The quantitative estimate of drug-likeness (QED) is 0.865. The van der Waals surface area contributed by atoms with Crippen LogP contribution in [0.3, 0.4) is 0 Å². The van der Waals surface area contributed by atoms with Gasteiger partial charge in [-0.15, -0.1) is 17.0 Å². The van der Waals surface area contributed by atoms with Crippen molar-refractivity contribution in [2.75, 3.05) is 0 Å². The lowest BCUT2D eigenvalue weighted by Crippen LogP contribution is -2.27. The summed E-state index contributed by atoms with van der Waals surface area (Å²) >= 11 is 0. The van der Waals surface area contributed by atoms with Gasteiger partial charge in [0.2, 0.25) is 0 Å². The molecule has 1 N–H and O–H groups in total. The van der Waals surface area contributed by atoms with Crippen molar-refractivity contribution in [2.45, 2.75) is 39.3 Å². The summed E-state index contributed by atoms with van der Waals surface area (Å²) in [6.45, 7) is 4.91. The second-order valence-corrected chi connectivity index (χ2v) is 3.49. The van der Waals surface area contributed by atoms with Crippen LogP contribution in [0.1, 0.15) is 32.3 Å². The molecule has 0 aromatic heterocycles. The Bertz CT molecular complexity index is 274. The molecule has 0 amide bonds. The van der Waals surface area contributed by atoms with Gasteiger partial charge in [0.1, 0.15) is 5.82 Å². The molecule has 86 valence electrons. The molecule has 1 aromatic rings. The lowest BCUT2D eigenvalue weighted by molar-refractivity contribution is 0.475. The maximum absolute atomic E-state index is 13.2. The highest BCUT2D eigenvalue weighted by Crippen LogP contribution is 2.07. The highest BCUT2D eigenvalue weighted by atomic mass is 79.9. The van der Waals surface area contributed by atoms with Gasteiger partial charge in [-0.1, -0.05) is 32.0 Å². The Morgan fingerprint density at radius 2 is 1.80 bits per heavy atom. The Morgan fingerprint density at radius 3 is 2.33 bits per heavy atom. The molecule has 0 saturated heterocycles. The fourth-order valence-electron chi connectivity index (χ4n) is 1.47. The van der Waals surface area contributed by atoms with E-state index in [1.807, 2.05) is 12.1 Å². The topological polar surface area (TPSA) is 12.0 Å². The molecule has 15 heavy (non-hydrogen) atoms. The van der Waals surface area contributed by atoms with Crippen LogP contribution in [0.15, 0.2) is 24.3 Å². The van der Waals surface area contributed by atoms with Crippen LogP contribution in [0.25, 0.3) is 0 Å². The van der Waals surface area contributed by atoms with Crippen molar-refractivity contribution in [3.05, 3.63) is 35.6 Å². The molecule has 0 aliphatic heterocycles. The minimum absolute atomic E-state index is 0. The van der Waals surface area contributed by atoms with Crippen LogP contribution in [0, 0.1) is 5.82 Å². The second-order valence-electron chi connectivity index (χ2n) is 3.49. The first-order valence-corrected chi connectivity index (χ1v) is 5.24. The zero-order chi connectivity index (χ0) is 10.4. The van der Waals surface area contributed by atoms with Crippen molar-refractivity contribution in [3.8, 4) is 0 Å². The van der Waals surface area contributed by atoms with Crippen molar-refractivity contribution in [1.29, 1.82) is 0 Å². The molecule has 0 heterocycles. The van der Waals surface area contributed by atoms with Crippen molar-refractivity contribution >= 4 is 17.0 Å². The van der Waals surface area contributed by atoms with E-state index in [0.717, 1.165) is 18.4 Å². The lowest BCUT2D eigenvalue weighted by atomic mass is 10.1. The van der Waals surface area contributed by atoms with Crippen LogP contribution in [0.4, 0.5) is 4.39 Å². The third-order valence-corrected chi connectivity index (χ3v) is 2.52. The van der Waals surface area contributed by atoms with E-state index in [9.17, 15) is 4.39 Å². The molecule has 0 spiro atoms. The molecule has 1 aromatic carbocycles. The third-order valence-electron chi connectivity index (χ3n) is 2.52. The molecule has 0 fully saturated rings. The summed E-state index contributed by atoms with van der Waals surface area (Å²) < 4.78 is 13.2. The van der Waals surface area contributed by atoms with E-state index in [0.29, 0.717) is 12.6 Å². The Hall–Kier alpha value is -0.410. The van der Waals surface area contributed by atoms with Gasteiger partial charge in [0.05, 0.1) is 0 Å². The molecule has 0 aliphatic rings. The standard InChI is InChI=1S/C12H18FN.BrH/c1-3-11(4-2)14-9-10-7-5-6-8-12(10)13;/h5-8,11,14H,3-4,9H2,1-2H3;1H. The average molecular weight is 276 g/mol. The fraction of sp³-hybridized carbons (Fsp3) is 0.500. The molecule has 1 nitrogen and oxygen atoms in total. The van der Waals surface area contributed by atoms with Crippen LogP contribution in [0.2, 0.25) is 0 Å². The molecule has 0 bridgehead atoms. The van der Waals surface area contributed by atoms with Gasteiger partial charge in [0.15, 0.2) is 0 Å². The number of hydrogen-bond acceptors (Lipinski definition) is 1. The molecule has 0 radical (unpaired) electrons. The minimum atomic E-state index is -0.119. The van der Waals surface area contributed by atoms with Crippen LogP contribution in [-0.4, -0.2) is 6.04 Å². The molecule has 0 atom stereocenters. The summed E-state index contributed by atoms with van der Waals surface area (Å²) in [6, 6.07) is 7.41. The average Bonchev–Trinajstić information content (AvgIpc) is 2.22. The number of halogens is 2. The molecule has 0 aliphatic carbocycles. The Labute approximate surface area is 102 Å². The van der Waals surface area contributed by atoms with Crippen molar-refractivity contribution in [3.63, 3.8) is 0 Å². The highest BCUT2D eigenvalue weighted by molar-refractivity contribution is 8.93. The van der Waals surface area contributed by atoms with E-state index < -0.39 is 0 Å². The van der Waals surface area contributed by atoms with Crippen LogP contribution >= 0.6 is 17.0 Å². The Kier molecular flexibility index (Phi) is 7.61. The highest BCUT2D eigenvalue weighted by Gasteiger charge is 2.04. The minimum Gasteiger partial charge on any atom is -0.310 e. The second kappa shape index (κ2) is 7.83. The van der Waals surface area contributed by atoms with Crippen molar-refractivity contribution < 1.29 is 4.39 Å². The zero-order valence-electron chi connectivity index (χ0n) is 9.29. The van der Waals surface area contributed by atoms with E-state index in [4.69, 9.17) is 0 Å². The maximum atomic E-state index is 13.2. The van der Waals surface area contributed by atoms with Crippen molar-refractivity contribution in [1.82, 2.24) is 5.32 Å². The van der Waals surface area contributed by atoms with E-state index in [2.05, 4.69) is 19.2 Å². The number of benzene rings is 1. The Morgan fingerprint density at radius 1 is 1.20 bits per heavy atom. The van der Waals surface area contributed by atoms with Gasteiger partial charge in [0, 0.05) is 18.2 Å². The van der Waals surface area contributed by atoms with Gasteiger partial charge in [-0.3, -0.25) is 0 Å². The first-order chi connectivity index (χ1) is 6.77. The number of rotatable bonds is 5. The van der Waals surface area contributed by atoms with E-state index in [1.165, 1.54) is 6.07 Å². The molecule has 1 rings (SSSR count). The monoisotopic (exact) mass is 275 g/mol. The summed E-state index contributed by atoms with van der Waals surface area (Å²) in [5.74, 6) is -0.119. The predicted molar refractivity (Wildman–Crippen MR) is 67.9 cm³/mol. The van der Waals surface area contributed by atoms with E-state index >= 15 is 0 Å². The molecule has 0 saturated carbocycles. The fourth-order valence-corrected chi connectivity index (χ4v) is 1.47. The molecule has 3 heteroatoms. The van der Waals surface area contributed by atoms with Gasteiger partial charge < -0.3 is 5.32 Å². The van der Waals surface area contributed by atoms with Gasteiger partial charge in [-0.25, -0.2) is 4.39 Å². The summed E-state index contributed by atoms with van der Waals surface area (Å²) in [7, 11) is 0. The Balaban J connectivity index is 0.00000196. The third kappa shape index (κ3) is 4.76. The van der Waals surface area contributed by atoms with E-state index in [1.54, 1.807) is 6.07 Å². The van der Waals surface area contributed by atoms with Crippen LogP contribution in [0.5, 0.6) is 0 Å². The normalized spacial score (nSPS) is 10.1. The number of nitrogens with one attached hydrogen (secondary N) is 1. The lowest BCUT2D eigenvalue weighted by Gasteiger charge is -2.14. The van der Waals surface area contributed by atoms with Gasteiger partial charge in [-0.2, -0.15) is 0 Å². The van der Waals surface area contributed by atoms with Crippen molar-refractivity contribution in [2.24, 2.45) is 0 Å². The SMILES string of the molecule is Br.CCC(CC)NCc1ccccc1F. The molecular weight excluding hydrogens is 257 g/mol. The van der Waals surface area contributed by atoms with Gasteiger partial charge in [0.25, 0.3) is 0 Å². The summed E-state index contributed by atoms with van der Waals surface area (Å²) in [6.07, 6.45) is 2.18. The van der Waals surface area contributed by atoms with Crippen LogP contribution in [-0.2, 0) is 6.54 Å². The zero-order valence-corrected chi connectivity index (χ0v) is 11.0. The maximum Gasteiger partial charge on any atom is 0.127 e. The summed E-state index contributed by atoms with van der Waals surface area (Å²) in [4.78, 5) is 0.